The standard InChI is InChI=1S/C20H30N4/c1-16-19(24-12-4-3-7-20(24)21-16)15-22-13-8-18(9-14-22)17(2)23-10-5-6-11-23/h3-4,7,12,17-18H,5-6,8-11,13-15H2,1-2H3/t17-/m0/s1. The zero-order chi connectivity index (χ0) is 16.5. The predicted molar refractivity (Wildman–Crippen MR) is 98.2 cm³/mol. The molecule has 2 aromatic heterocycles. The summed E-state index contributed by atoms with van der Waals surface area (Å²) in [6, 6.07) is 7.03. The van der Waals surface area contributed by atoms with Gasteiger partial charge in [-0.3, -0.25) is 4.90 Å². The molecule has 0 aliphatic carbocycles. The van der Waals surface area contributed by atoms with Crippen molar-refractivity contribution in [3.05, 3.63) is 35.8 Å². The van der Waals surface area contributed by atoms with E-state index >= 15 is 0 Å². The minimum Gasteiger partial charge on any atom is -0.302 e. The molecule has 0 saturated carbocycles. The average molecular weight is 326 g/mol. The number of piperidine rings is 1. The van der Waals surface area contributed by atoms with Crippen LogP contribution in [0.1, 0.15) is 44.0 Å². The number of likely N-dealkylation sites (tertiary alicyclic amines) is 2. The van der Waals surface area contributed by atoms with Crippen molar-refractivity contribution in [3.8, 4) is 0 Å². The zero-order valence-electron chi connectivity index (χ0n) is 15.1. The lowest BCUT2D eigenvalue weighted by Crippen LogP contribution is -2.43. The molecule has 2 fully saturated rings. The number of rotatable bonds is 4. The summed E-state index contributed by atoms with van der Waals surface area (Å²) in [5.41, 5.74) is 3.60. The molecule has 4 rings (SSSR count). The molecule has 2 aromatic rings. The summed E-state index contributed by atoms with van der Waals surface area (Å²) in [6.45, 7) is 10.7. The highest BCUT2D eigenvalue weighted by atomic mass is 15.2. The van der Waals surface area contributed by atoms with Gasteiger partial charge in [-0.1, -0.05) is 6.07 Å². The third-order valence-electron chi connectivity index (χ3n) is 6.23. The Morgan fingerprint density at radius 3 is 2.62 bits per heavy atom. The molecule has 2 saturated heterocycles. The molecule has 0 spiro atoms. The van der Waals surface area contributed by atoms with Crippen molar-refractivity contribution in [2.24, 2.45) is 5.92 Å². The van der Waals surface area contributed by atoms with Crippen LogP contribution in [0.5, 0.6) is 0 Å². The van der Waals surface area contributed by atoms with E-state index in [1.54, 1.807) is 0 Å². The Morgan fingerprint density at radius 1 is 1.12 bits per heavy atom. The molecular weight excluding hydrogens is 296 g/mol. The Labute approximate surface area is 145 Å². The van der Waals surface area contributed by atoms with Gasteiger partial charge in [0.25, 0.3) is 0 Å². The van der Waals surface area contributed by atoms with Gasteiger partial charge in [-0.15, -0.1) is 0 Å². The number of imidazole rings is 1. The minimum atomic E-state index is 0.771. The third-order valence-corrected chi connectivity index (χ3v) is 6.23. The van der Waals surface area contributed by atoms with Crippen molar-refractivity contribution in [2.45, 2.75) is 52.1 Å². The lowest BCUT2D eigenvalue weighted by molar-refractivity contribution is 0.107. The van der Waals surface area contributed by atoms with Crippen molar-refractivity contribution in [1.82, 2.24) is 19.2 Å². The summed E-state index contributed by atoms with van der Waals surface area (Å²) >= 11 is 0. The van der Waals surface area contributed by atoms with Gasteiger partial charge in [0, 0.05) is 18.8 Å². The fourth-order valence-corrected chi connectivity index (χ4v) is 4.61. The average Bonchev–Trinajstić information content (AvgIpc) is 3.24. The first kappa shape index (κ1) is 16.1. The third kappa shape index (κ3) is 3.09. The van der Waals surface area contributed by atoms with Crippen LogP contribution in [0.4, 0.5) is 0 Å². The first-order valence-corrected chi connectivity index (χ1v) is 9.61. The lowest BCUT2D eigenvalue weighted by atomic mass is 9.89. The first-order chi connectivity index (χ1) is 11.7. The predicted octanol–water partition coefficient (Wildman–Crippen LogP) is 3.34. The highest BCUT2D eigenvalue weighted by molar-refractivity contribution is 5.42. The topological polar surface area (TPSA) is 23.8 Å². The van der Waals surface area contributed by atoms with Crippen LogP contribution in [0.3, 0.4) is 0 Å². The zero-order valence-corrected chi connectivity index (χ0v) is 15.1. The van der Waals surface area contributed by atoms with Gasteiger partial charge in [-0.05, 0) is 83.8 Å². The molecule has 4 nitrogen and oxygen atoms in total. The number of aryl methyl sites for hydroxylation is 1. The maximum absolute atomic E-state index is 4.70. The Bertz CT molecular complexity index is 678. The number of aromatic nitrogens is 2. The Morgan fingerprint density at radius 2 is 1.88 bits per heavy atom. The van der Waals surface area contributed by atoms with Gasteiger partial charge in [0.15, 0.2) is 0 Å². The monoisotopic (exact) mass is 326 g/mol. The summed E-state index contributed by atoms with van der Waals surface area (Å²) < 4.78 is 2.26. The molecule has 4 heterocycles. The molecule has 0 aromatic carbocycles. The SMILES string of the molecule is Cc1nc2ccccn2c1CN1CCC([C@H](C)N2CCCC2)CC1. The Hall–Kier alpha value is -1.39. The lowest BCUT2D eigenvalue weighted by Gasteiger charge is -2.38. The van der Waals surface area contributed by atoms with Gasteiger partial charge in [-0.25, -0.2) is 4.98 Å². The number of nitrogens with zero attached hydrogens (tertiary/aromatic N) is 4. The second-order valence-electron chi connectivity index (χ2n) is 7.67. The molecule has 0 bridgehead atoms. The van der Waals surface area contributed by atoms with E-state index in [0.717, 1.165) is 24.2 Å². The maximum Gasteiger partial charge on any atom is 0.137 e. The van der Waals surface area contributed by atoms with Crippen LogP contribution in [-0.2, 0) is 6.54 Å². The largest absolute Gasteiger partial charge is 0.302 e. The number of pyridine rings is 1. The van der Waals surface area contributed by atoms with E-state index in [1.165, 1.54) is 63.3 Å². The van der Waals surface area contributed by atoms with Crippen LogP contribution in [0, 0.1) is 12.8 Å². The van der Waals surface area contributed by atoms with Crippen molar-refractivity contribution >= 4 is 5.65 Å². The summed E-state index contributed by atoms with van der Waals surface area (Å²) in [5, 5.41) is 0. The molecule has 4 heteroatoms. The number of fused-ring (bicyclic) bond motifs is 1. The van der Waals surface area contributed by atoms with Crippen molar-refractivity contribution in [3.63, 3.8) is 0 Å². The molecule has 24 heavy (non-hydrogen) atoms. The van der Waals surface area contributed by atoms with Crippen LogP contribution in [0.15, 0.2) is 24.4 Å². The van der Waals surface area contributed by atoms with Gasteiger partial charge >= 0.3 is 0 Å². The highest BCUT2D eigenvalue weighted by Crippen LogP contribution is 2.27. The van der Waals surface area contributed by atoms with Crippen molar-refractivity contribution in [1.29, 1.82) is 0 Å². The van der Waals surface area contributed by atoms with Crippen LogP contribution in [0.2, 0.25) is 0 Å². The van der Waals surface area contributed by atoms with Gasteiger partial charge in [0.1, 0.15) is 5.65 Å². The van der Waals surface area contributed by atoms with Crippen LogP contribution >= 0.6 is 0 Å². The van der Waals surface area contributed by atoms with E-state index in [2.05, 4.69) is 52.4 Å². The van der Waals surface area contributed by atoms with Gasteiger partial charge in [0.2, 0.25) is 0 Å². The summed E-state index contributed by atoms with van der Waals surface area (Å²) in [7, 11) is 0. The minimum absolute atomic E-state index is 0.771. The normalized spacial score (nSPS) is 22.4. The Kier molecular flexibility index (Phi) is 4.59. The molecule has 0 N–H and O–H groups in total. The maximum atomic E-state index is 4.70. The Balaban J connectivity index is 1.38. The molecule has 0 radical (unpaired) electrons. The number of hydrogen-bond donors (Lipinski definition) is 0. The molecule has 0 amide bonds. The van der Waals surface area contributed by atoms with E-state index in [0.29, 0.717) is 0 Å². The molecule has 130 valence electrons. The van der Waals surface area contributed by atoms with Gasteiger partial charge < -0.3 is 9.30 Å². The molecule has 2 aliphatic heterocycles. The van der Waals surface area contributed by atoms with E-state index < -0.39 is 0 Å². The fourth-order valence-electron chi connectivity index (χ4n) is 4.61. The van der Waals surface area contributed by atoms with Crippen molar-refractivity contribution < 1.29 is 0 Å². The molecule has 0 unspecified atom stereocenters. The van der Waals surface area contributed by atoms with E-state index in [4.69, 9.17) is 4.98 Å². The van der Waals surface area contributed by atoms with Gasteiger partial charge in [0.05, 0.1) is 11.4 Å². The second-order valence-corrected chi connectivity index (χ2v) is 7.67. The summed E-state index contributed by atoms with van der Waals surface area (Å²) in [6.07, 6.45) is 7.63. The van der Waals surface area contributed by atoms with Gasteiger partial charge in [-0.2, -0.15) is 0 Å². The molecule has 1 atom stereocenters. The highest BCUT2D eigenvalue weighted by Gasteiger charge is 2.29. The van der Waals surface area contributed by atoms with E-state index in [9.17, 15) is 0 Å². The second kappa shape index (κ2) is 6.85. The van der Waals surface area contributed by atoms with E-state index in [-0.39, 0.29) is 0 Å². The molecular formula is C20H30N4. The van der Waals surface area contributed by atoms with Crippen LogP contribution < -0.4 is 0 Å². The quantitative estimate of drug-likeness (QED) is 0.861. The fraction of sp³-hybridized carbons (Fsp3) is 0.650. The first-order valence-electron chi connectivity index (χ1n) is 9.61. The number of hydrogen-bond acceptors (Lipinski definition) is 3. The smallest absolute Gasteiger partial charge is 0.137 e. The van der Waals surface area contributed by atoms with E-state index in [1.807, 2.05) is 0 Å². The van der Waals surface area contributed by atoms with Crippen LogP contribution in [0.25, 0.3) is 5.65 Å². The van der Waals surface area contributed by atoms with Crippen LogP contribution in [-0.4, -0.2) is 51.4 Å². The van der Waals surface area contributed by atoms with Crippen molar-refractivity contribution in [2.75, 3.05) is 26.2 Å². The summed E-state index contributed by atoms with van der Waals surface area (Å²) in [5.74, 6) is 0.877. The molecule has 2 aliphatic rings. The summed E-state index contributed by atoms with van der Waals surface area (Å²) in [4.78, 5) is 10.0.